The standard InChI is InChI=1S/C15H8F2N2O3/c16-8-5-6-12(10(17)7-8)19-11-4-2-1-3-9(11)14(20)13(18-19)15(21)22/h1-7H,(H,21,22). The molecule has 0 bridgehead atoms. The SMILES string of the molecule is O=C(O)c1nn(-c2ccc(F)cc2F)c2ccccc2c1=O. The van der Waals surface area contributed by atoms with Gasteiger partial charge in [0, 0.05) is 6.07 Å². The molecule has 1 aromatic heterocycles. The topological polar surface area (TPSA) is 72.2 Å². The number of aromatic nitrogens is 2. The molecular formula is C15H8F2N2O3. The third kappa shape index (κ3) is 2.12. The molecule has 0 aliphatic carbocycles. The average Bonchev–Trinajstić information content (AvgIpc) is 2.48. The lowest BCUT2D eigenvalue weighted by Gasteiger charge is -2.11. The molecule has 7 heteroatoms. The van der Waals surface area contributed by atoms with Gasteiger partial charge in [0.15, 0.2) is 5.82 Å². The number of carbonyl (C=O) groups is 1. The fourth-order valence-electron chi connectivity index (χ4n) is 2.15. The van der Waals surface area contributed by atoms with E-state index in [-0.39, 0.29) is 16.6 Å². The van der Waals surface area contributed by atoms with Crippen LogP contribution in [-0.4, -0.2) is 20.9 Å². The maximum atomic E-state index is 14.0. The van der Waals surface area contributed by atoms with Crippen LogP contribution < -0.4 is 5.43 Å². The molecule has 0 radical (unpaired) electrons. The lowest BCUT2D eigenvalue weighted by Crippen LogP contribution is -2.22. The largest absolute Gasteiger partial charge is 0.476 e. The lowest BCUT2D eigenvalue weighted by molar-refractivity contribution is 0.0687. The predicted molar refractivity (Wildman–Crippen MR) is 74.2 cm³/mol. The Bertz CT molecular complexity index is 967. The van der Waals surface area contributed by atoms with Gasteiger partial charge in [-0.3, -0.25) is 4.79 Å². The van der Waals surface area contributed by atoms with Crippen molar-refractivity contribution < 1.29 is 18.7 Å². The van der Waals surface area contributed by atoms with Gasteiger partial charge in [0.05, 0.1) is 10.9 Å². The van der Waals surface area contributed by atoms with Gasteiger partial charge in [0.1, 0.15) is 11.5 Å². The van der Waals surface area contributed by atoms with Crippen molar-refractivity contribution in [2.45, 2.75) is 0 Å². The molecule has 5 nitrogen and oxygen atoms in total. The normalized spacial score (nSPS) is 10.8. The van der Waals surface area contributed by atoms with Gasteiger partial charge in [-0.15, -0.1) is 0 Å². The number of hydrogen-bond acceptors (Lipinski definition) is 3. The minimum atomic E-state index is -1.52. The first kappa shape index (κ1) is 13.9. The van der Waals surface area contributed by atoms with Crippen molar-refractivity contribution in [2.75, 3.05) is 0 Å². The van der Waals surface area contributed by atoms with Crippen molar-refractivity contribution in [3.8, 4) is 5.69 Å². The molecule has 0 saturated carbocycles. The van der Waals surface area contributed by atoms with Crippen LogP contribution in [0.15, 0.2) is 47.3 Å². The van der Waals surface area contributed by atoms with E-state index < -0.39 is 28.7 Å². The van der Waals surface area contributed by atoms with Crippen LogP contribution in [0.3, 0.4) is 0 Å². The number of fused-ring (bicyclic) bond motifs is 1. The Morgan fingerprint density at radius 2 is 1.86 bits per heavy atom. The van der Waals surface area contributed by atoms with Gasteiger partial charge >= 0.3 is 5.97 Å². The molecule has 0 atom stereocenters. The fourth-order valence-corrected chi connectivity index (χ4v) is 2.15. The Morgan fingerprint density at radius 3 is 2.55 bits per heavy atom. The van der Waals surface area contributed by atoms with Gasteiger partial charge in [0.25, 0.3) is 0 Å². The summed E-state index contributed by atoms with van der Waals surface area (Å²) in [5, 5.41) is 12.9. The zero-order valence-electron chi connectivity index (χ0n) is 11.0. The first-order valence-corrected chi connectivity index (χ1v) is 6.20. The molecule has 2 aromatic carbocycles. The van der Waals surface area contributed by atoms with Crippen LogP contribution in [0.4, 0.5) is 8.78 Å². The first-order valence-electron chi connectivity index (χ1n) is 6.20. The van der Waals surface area contributed by atoms with Gasteiger partial charge in [-0.05, 0) is 24.3 Å². The van der Waals surface area contributed by atoms with E-state index in [1.165, 1.54) is 12.1 Å². The summed E-state index contributed by atoms with van der Waals surface area (Å²) in [6.45, 7) is 0. The molecule has 3 rings (SSSR count). The van der Waals surface area contributed by atoms with E-state index in [1.807, 2.05) is 0 Å². The highest BCUT2D eigenvalue weighted by Crippen LogP contribution is 2.19. The molecule has 0 aliphatic heterocycles. The summed E-state index contributed by atoms with van der Waals surface area (Å²) >= 11 is 0. The molecule has 3 aromatic rings. The maximum absolute atomic E-state index is 14.0. The highest BCUT2D eigenvalue weighted by Gasteiger charge is 2.18. The van der Waals surface area contributed by atoms with Crippen molar-refractivity contribution in [2.24, 2.45) is 0 Å². The van der Waals surface area contributed by atoms with Gasteiger partial charge < -0.3 is 5.11 Å². The Hall–Kier alpha value is -3.09. The van der Waals surface area contributed by atoms with Crippen LogP contribution in [0.2, 0.25) is 0 Å². The summed E-state index contributed by atoms with van der Waals surface area (Å²) in [5.41, 5.74) is -1.42. The Labute approximate surface area is 122 Å². The Kier molecular flexibility index (Phi) is 3.17. The number of aromatic carboxylic acids is 1. The quantitative estimate of drug-likeness (QED) is 0.789. The summed E-state index contributed by atoms with van der Waals surface area (Å²) in [6, 6.07) is 8.88. The summed E-state index contributed by atoms with van der Waals surface area (Å²) in [6.07, 6.45) is 0. The second kappa shape index (κ2) is 5.03. The second-order valence-corrected chi connectivity index (χ2v) is 4.51. The van der Waals surface area contributed by atoms with E-state index in [1.54, 1.807) is 12.1 Å². The summed E-state index contributed by atoms with van der Waals surface area (Å²) in [5.74, 6) is -3.21. The lowest BCUT2D eigenvalue weighted by atomic mass is 10.2. The molecule has 0 spiro atoms. The monoisotopic (exact) mass is 302 g/mol. The zero-order chi connectivity index (χ0) is 15.9. The van der Waals surface area contributed by atoms with Crippen LogP contribution in [-0.2, 0) is 0 Å². The number of nitrogens with zero attached hydrogens (tertiary/aromatic N) is 2. The van der Waals surface area contributed by atoms with Gasteiger partial charge in [0.2, 0.25) is 11.1 Å². The van der Waals surface area contributed by atoms with Crippen molar-refractivity contribution in [1.82, 2.24) is 9.78 Å². The van der Waals surface area contributed by atoms with E-state index >= 15 is 0 Å². The molecule has 110 valence electrons. The van der Waals surface area contributed by atoms with Crippen molar-refractivity contribution in [3.63, 3.8) is 0 Å². The third-order valence-corrected chi connectivity index (χ3v) is 3.13. The van der Waals surface area contributed by atoms with E-state index in [9.17, 15) is 18.4 Å². The maximum Gasteiger partial charge on any atom is 0.360 e. The average molecular weight is 302 g/mol. The van der Waals surface area contributed by atoms with E-state index in [4.69, 9.17) is 5.11 Å². The van der Waals surface area contributed by atoms with Crippen LogP contribution in [0, 0.1) is 11.6 Å². The minimum absolute atomic E-state index is 0.0821. The Balaban J connectivity index is 2.45. The van der Waals surface area contributed by atoms with Crippen LogP contribution in [0.1, 0.15) is 10.5 Å². The van der Waals surface area contributed by atoms with E-state index in [2.05, 4.69) is 5.10 Å². The number of benzene rings is 2. The number of carboxylic acid groups (broad SMARTS) is 1. The van der Waals surface area contributed by atoms with Crippen LogP contribution in [0.25, 0.3) is 16.6 Å². The number of rotatable bonds is 2. The zero-order valence-corrected chi connectivity index (χ0v) is 11.0. The van der Waals surface area contributed by atoms with Gasteiger partial charge in [-0.1, -0.05) is 12.1 Å². The van der Waals surface area contributed by atoms with Crippen molar-refractivity contribution in [1.29, 1.82) is 0 Å². The molecule has 0 fully saturated rings. The van der Waals surface area contributed by atoms with Gasteiger partial charge in [-0.25, -0.2) is 18.3 Å². The minimum Gasteiger partial charge on any atom is -0.476 e. The van der Waals surface area contributed by atoms with E-state index in [0.717, 1.165) is 16.8 Å². The Morgan fingerprint density at radius 1 is 1.14 bits per heavy atom. The van der Waals surface area contributed by atoms with Crippen LogP contribution >= 0.6 is 0 Å². The third-order valence-electron chi connectivity index (χ3n) is 3.13. The first-order chi connectivity index (χ1) is 10.5. The molecule has 0 aliphatic rings. The molecule has 1 N–H and O–H groups in total. The number of carboxylic acids is 1. The molecular weight excluding hydrogens is 294 g/mol. The molecule has 0 saturated heterocycles. The highest BCUT2D eigenvalue weighted by molar-refractivity contribution is 5.90. The number of halogens is 2. The molecule has 1 heterocycles. The van der Waals surface area contributed by atoms with Gasteiger partial charge in [-0.2, -0.15) is 5.10 Å². The fraction of sp³-hybridized carbons (Fsp3) is 0. The summed E-state index contributed by atoms with van der Waals surface area (Å²) in [4.78, 5) is 23.2. The summed E-state index contributed by atoms with van der Waals surface area (Å²) in [7, 11) is 0. The van der Waals surface area contributed by atoms with Crippen LogP contribution in [0.5, 0.6) is 0 Å². The summed E-state index contributed by atoms with van der Waals surface area (Å²) < 4.78 is 28.0. The second-order valence-electron chi connectivity index (χ2n) is 4.51. The highest BCUT2D eigenvalue weighted by atomic mass is 19.1. The van der Waals surface area contributed by atoms with E-state index in [0.29, 0.717) is 6.07 Å². The predicted octanol–water partition coefficient (Wildman–Crippen LogP) is 2.36. The number of hydrogen-bond donors (Lipinski definition) is 1. The molecule has 22 heavy (non-hydrogen) atoms. The molecule has 0 amide bonds. The molecule has 0 unspecified atom stereocenters. The van der Waals surface area contributed by atoms with Crippen molar-refractivity contribution in [3.05, 3.63) is 70.0 Å². The van der Waals surface area contributed by atoms with Crippen molar-refractivity contribution >= 4 is 16.9 Å². The smallest absolute Gasteiger partial charge is 0.360 e. The number of para-hydroxylation sites is 1.